The number of carbonyl (C=O) groups is 1. The Morgan fingerprint density at radius 2 is 2.20 bits per heavy atom. The maximum absolute atomic E-state index is 13.4. The number of benzene rings is 1. The zero-order chi connectivity index (χ0) is 17.5. The molecule has 0 saturated carbocycles. The lowest BCUT2D eigenvalue weighted by molar-refractivity contribution is -0.117. The Morgan fingerprint density at radius 3 is 2.84 bits per heavy atom. The Labute approximate surface area is 156 Å². The van der Waals surface area contributed by atoms with E-state index in [-0.39, 0.29) is 29.9 Å². The predicted octanol–water partition coefficient (Wildman–Crippen LogP) is 4.57. The molecule has 2 atom stereocenters. The van der Waals surface area contributed by atoms with E-state index in [0.717, 1.165) is 37.7 Å². The number of carbonyl (C=O) groups excluding carboxylic acids is 1. The molecule has 1 saturated heterocycles. The summed E-state index contributed by atoms with van der Waals surface area (Å²) in [5.74, 6) is -0.444. The molecule has 3 nitrogen and oxygen atoms in total. The lowest BCUT2D eigenvalue weighted by Crippen LogP contribution is -2.34. The van der Waals surface area contributed by atoms with Crippen molar-refractivity contribution in [2.75, 3.05) is 24.2 Å². The van der Waals surface area contributed by atoms with Crippen LogP contribution in [0.1, 0.15) is 26.2 Å². The lowest BCUT2D eigenvalue weighted by Gasteiger charge is -2.28. The van der Waals surface area contributed by atoms with Gasteiger partial charge in [-0.2, -0.15) is 0 Å². The van der Waals surface area contributed by atoms with Crippen LogP contribution in [0.3, 0.4) is 0 Å². The van der Waals surface area contributed by atoms with E-state index in [9.17, 15) is 18.0 Å². The van der Waals surface area contributed by atoms with E-state index in [1.165, 1.54) is 18.2 Å². The number of hydrogen-bond donors (Lipinski definition) is 2. The van der Waals surface area contributed by atoms with E-state index in [1.54, 1.807) is 0 Å². The van der Waals surface area contributed by atoms with Gasteiger partial charge in [0.1, 0.15) is 5.82 Å². The molecule has 2 N–H and O–H groups in total. The number of hydrogen-bond acceptors (Lipinski definition) is 3. The molecule has 2 rings (SSSR count). The number of amides is 1. The summed E-state index contributed by atoms with van der Waals surface area (Å²) in [5.41, 5.74) is 0.264. The van der Waals surface area contributed by atoms with Gasteiger partial charge in [-0.15, -0.1) is 24.2 Å². The van der Waals surface area contributed by atoms with Crippen LogP contribution < -0.4 is 10.6 Å². The highest BCUT2D eigenvalue weighted by Gasteiger charge is 2.22. The maximum Gasteiger partial charge on any atom is 0.247 e. The second-order valence-corrected chi connectivity index (χ2v) is 7.24. The molecule has 1 aliphatic heterocycles. The molecule has 8 heteroatoms. The minimum Gasteiger partial charge on any atom is -0.325 e. The number of thioether (sulfide) groups is 1. The van der Waals surface area contributed by atoms with Crippen LogP contribution in [0, 0.1) is 17.7 Å². The molecule has 1 aliphatic rings. The predicted molar refractivity (Wildman–Crippen MR) is 98.4 cm³/mol. The van der Waals surface area contributed by atoms with Gasteiger partial charge in [-0.3, -0.25) is 4.79 Å². The molecule has 1 aromatic rings. The second-order valence-electron chi connectivity index (χ2n) is 6.18. The summed E-state index contributed by atoms with van der Waals surface area (Å²) in [6, 6.07) is 3.81. The van der Waals surface area contributed by atoms with Crippen LogP contribution in [0.4, 0.5) is 18.9 Å². The minimum absolute atomic E-state index is 0. The Morgan fingerprint density at radius 1 is 1.44 bits per heavy atom. The molecule has 1 aromatic carbocycles. The SMILES string of the molecule is CC(CC(=O)Nc1cc(F)ccc1SCC(F)F)C1CCCNC1.Cl. The summed E-state index contributed by atoms with van der Waals surface area (Å²) >= 11 is 0.911. The van der Waals surface area contributed by atoms with Crippen molar-refractivity contribution >= 4 is 35.8 Å². The van der Waals surface area contributed by atoms with E-state index in [4.69, 9.17) is 0 Å². The summed E-state index contributed by atoms with van der Waals surface area (Å²) in [7, 11) is 0. The van der Waals surface area contributed by atoms with Crippen LogP contribution in [0.15, 0.2) is 23.1 Å². The number of halogens is 4. The Kier molecular flexibility index (Phi) is 9.67. The summed E-state index contributed by atoms with van der Waals surface area (Å²) in [5, 5.41) is 6.01. The van der Waals surface area contributed by atoms with Crippen LogP contribution in [-0.4, -0.2) is 31.2 Å². The van der Waals surface area contributed by atoms with Crippen LogP contribution in [0.5, 0.6) is 0 Å². The lowest BCUT2D eigenvalue weighted by atomic mass is 9.85. The summed E-state index contributed by atoms with van der Waals surface area (Å²) < 4.78 is 38.2. The van der Waals surface area contributed by atoms with Gasteiger partial charge in [-0.25, -0.2) is 13.2 Å². The van der Waals surface area contributed by atoms with Gasteiger partial charge >= 0.3 is 0 Å². The highest BCUT2D eigenvalue weighted by Crippen LogP contribution is 2.30. The molecule has 0 aromatic heterocycles. The zero-order valence-corrected chi connectivity index (χ0v) is 15.7. The fourth-order valence-corrected chi connectivity index (χ4v) is 3.64. The molecule has 1 heterocycles. The van der Waals surface area contributed by atoms with Gasteiger partial charge in [-0.05, 0) is 56.0 Å². The average molecular weight is 397 g/mol. The van der Waals surface area contributed by atoms with Crippen molar-refractivity contribution in [3.05, 3.63) is 24.0 Å². The minimum atomic E-state index is -2.46. The van der Waals surface area contributed by atoms with E-state index < -0.39 is 18.0 Å². The standard InChI is InChI=1S/C17H23F3N2OS.ClH/c1-11(12-3-2-6-21-9-12)7-17(23)22-14-8-13(18)4-5-15(14)24-10-16(19)20;/h4-5,8,11-12,16,21H,2-3,6-7,9-10H2,1H3,(H,22,23);1H. The van der Waals surface area contributed by atoms with E-state index in [2.05, 4.69) is 10.6 Å². The molecule has 25 heavy (non-hydrogen) atoms. The fraction of sp³-hybridized carbons (Fsp3) is 0.588. The topological polar surface area (TPSA) is 41.1 Å². The van der Waals surface area contributed by atoms with Crippen molar-refractivity contribution in [1.29, 1.82) is 0 Å². The Hall–Kier alpha value is -0.920. The molecule has 1 fully saturated rings. The molecule has 0 aliphatic carbocycles. The van der Waals surface area contributed by atoms with Crippen LogP contribution in [0.2, 0.25) is 0 Å². The van der Waals surface area contributed by atoms with Gasteiger partial charge < -0.3 is 10.6 Å². The van der Waals surface area contributed by atoms with Crippen molar-refractivity contribution in [2.45, 2.75) is 37.5 Å². The Bertz CT molecular complexity index is 557. The number of anilines is 1. The third-order valence-corrected chi connectivity index (χ3v) is 5.31. The van der Waals surface area contributed by atoms with Crippen LogP contribution in [-0.2, 0) is 4.79 Å². The molecule has 1 amide bonds. The molecule has 0 bridgehead atoms. The van der Waals surface area contributed by atoms with Gasteiger partial charge in [0.15, 0.2) is 0 Å². The van der Waals surface area contributed by atoms with E-state index in [0.29, 0.717) is 17.2 Å². The first kappa shape index (κ1) is 22.1. The number of piperidine rings is 1. The monoisotopic (exact) mass is 396 g/mol. The normalized spacial score (nSPS) is 18.5. The van der Waals surface area contributed by atoms with E-state index in [1.807, 2.05) is 6.92 Å². The number of nitrogens with one attached hydrogen (secondary N) is 2. The highest BCUT2D eigenvalue weighted by atomic mass is 35.5. The second kappa shape index (κ2) is 10.9. The molecule has 142 valence electrons. The largest absolute Gasteiger partial charge is 0.325 e. The van der Waals surface area contributed by atoms with Gasteiger partial charge in [0.2, 0.25) is 12.3 Å². The highest BCUT2D eigenvalue weighted by molar-refractivity contribution is 7.99. The first-order valence-electron chi connectivity index (χ1n) is 8.16. The Balaban J connectivity index is 0.00000312. The van der Waals surface area contributed by atoms with Gasteiger partial charge in [-0.1, -0.05) is 6.92 Å². The van der Waals surface area contributed by atoms with Crippen LogP contribution >= 0.6 is 24.2 Å². The average Bonchev–Trinajstić information content (AvgIpc) is 2.54. The molecular formula is C17H24ClF3N2OS. The molecule has 0 radical (unpaired) electrons. The van der Waals surface area contributed by atoms with Crippen molar-refractivity contribution in [3.8, 4) is 0 Å². The van der Waals surface area contributed by atoms with Gasteiger partial charge in [0, 0.05) is 11.3 Å². The number of rotatable bonds is 7. The molecule has 2 unspecified atom stereocenters. The summed E-state index contributed by atoms with van der Waals surface area (Å²) in [4.78, 5) is 12.7. The molecular weight excluding hydrogens is 373 g/mol. The van der Waals surface area contributed by atoms with Crippen molar-refractivity contribution in [2.24, 2.45) is 11.8 Å². The van der Waals surface area contributed by atoms with Crippen molar-refractivity contribution < 1.29 is 18.0 Å². The van der Waals surface area contributed by atoms with Gasteiger partial charge in [0.25, 0.3) is 0 Å². The quantitative estimate of drug-likeness (QED) is 0.663. The van der Waals surface area contributed by atoms with E-state index >= 15 is 0 Å². The molecule has 0 spiro atoms. The van der Waals surface area contributed by atoms with Gasteiger partial charge in [0.05, 0.1) is 11.4 Å². The summed E-state index contributed by atoms with van der Waals surface area (Å²) in [6.45, 7) is 3.96. The smallest absolute Gasteiger partial charge is 0.247 e. The van der Waals surface area contributed by atoms with Crippen molar-refractivity contribution in [1.82, 2.24) is 5.32 Å². The number of alkyl halides is 2. The maximum atomic E-state index is 13.4. The first-order valence-corrected chi connectivity index (χ1v) is 9.15. The van der Waals surface area contributed by atoms with Crippen molar-refractivity contribution in [3.63, 3.8) is 0 Å². The zero-order valence-electron chi connectivity index (χ0n) is 14.1. The third-order valence-electron chi connectivity index (χ3n) is 4.23. The van der Waals surface area contributed by atoms with Crippen LogP contribution in [0.25, 0.3) is 0 Å². The summed E-state index contributed by atoms with van der Waals surface area (Å²) in [6.07, 6.45) is 0.0793. The third kappa shape index (κ3) is 7.46. The fourth-order valence-electron chi connectivity index (χ4n) is 2.90. The first-order chi connectivity index (χ1) is 11.5.